The Balaban J connectivity index is 0. The lowest BCUT2D eigenvalue weighted by molar-refractivity contribution is -0.123. The van der Waals surface area contributed by atoms with Crippen LogP contribution in [-0.4, -0.2) is 34.7 Å². The van der Waals surface area contributed by atoms with E-state index in [4.69, 9.17) is 29.7 Å². The highest BCUT2D eigenvalue weighted by atomic mass is 16.4. The predicted octanol–water partition coefficient (Wildman–Crippen LogP) is 2.46. The Hall–Kier alpha value is -3.15. The topological polar surface area (TPSA) is 112 Å². The summed E-state index contributed by atoms with van der Waals surface area (Å²) < 4.78 is 0. The maximum atomic E-state index is 8.36. The molecule has 2 aromatic rings. The Kier molecular flexibility index (Phi) is 16.2. The molecule has 3 N–H and O–H groups in total. The quantitative estimate of drug-likeness (QED) is 0.696. The number of carboxylic acid groups (broad SMARTS) is 3. The smallest absolute Gasteiger partial charge is 0.290 e. The van der Waals surface area contributed by atoms with Crippen molar-refractivity contribution in [1.82, 2.24) is 0 Å². The summed E-state index contributed by atoms with van der Waals surface area (Å²) in [7, 11) is 0. The molecule has 0 saturated carbocycles. The van der Waals surface area contributed by atoms with Gasteiger partial charge >= 0.3 is 0 Å². The second kappa shape index (κ2) is 16.9. The van der Waals surface area contributed by atoms with Gasteiger partial charge in [-0.1, -0.05) is 60.7 Å². The summed E-state index contributed by atoms with van der Waals surface area (Å²) in [6.07, 6.45) is 0. The van der Waals surface area contributed by atoms with Crippen molar-refractivity contribution in [2.24, 2.45) is 0 Å². The third-order valence-corrected chi connectivity index (χ3v) is 1.88. The molecule has 0 spiro atoms. The van der Waals surface area contributed by atoms with E-state index in [1.807, 2.05) is 12.1 Å². The van der Waals surface area contributed by atoms with E-state index in [1.165, 1.54) is 11.1 Å². The molecule has 0 atom stereocenters. The molecule has 0 saturated heterocycles. The molecule has 6 heteroatoms. The number of rotatable bonds is 1. The van der Waals surface area contributed by atoms with E-state index in [2.05, 4.69) is 48.5 Å². The van der Waals surface area contributed by atoms with Crippen molar-refractivity contribution in [3.05, 3.63) is 60.7 Å². The van der Waals surface area contributed by atoms with Crippen molar-refractivity contribution in [3.63, 3.8) is 0 Å². The van der Waals surface area contributed by atoms with Crippen molar-refractivity contribution >= 4 is 19.4 Å². The van der Waals surface area contributed by atoms with Crippen LogP contribution in [0, 0.1) is 0 Å². The molecular weight excluding hydrogens is 276 g/mol. The molecule has 0 fully saturated rings. The standard InChI is InChI=1S/C12H10.3CH2O2/c1-3-7-11(8-4-1)12-9-5-2-6-10-12;3*2-1-3/h1-10H;3*1H,(H,2,3). The zero-order valence-corrected chi connectivity index (χ0v) is 11.1. The number of benzene rings is 2. The van der Waals surface area contributed by atoms with Crippen molar-refractivity contribution in [2.45, 2.75) is 0 Å². The number of carbonyl (C=O) groups is 3. The summed E-state index contributed by atoms with van der Waals surface area (Å²) in [5.41, 5.74) is 2.55. The Morgan fingerprint density at radius 3 is 0.905 bits per heavy atom. The Morgan fingerprint density at radius 1 is 0.524 bits per heavy atom. The zero-order chi connectivity index (χ0) is 16.3. The number of hydrogen-bond donors (Lipinski definition) is 3. The average molecular weight is 292 g/mol. The molecule has 0 amide bonds. The van der Waals surface area contributed by atoms with Gasteiger partial charge in [-0.25, -0.2) is 0 Å². The maximum absolute atomic E-state index is 8.36. The van der Waals surface area contributed by atoms with Crippen LogP contribution in [0.4, 0.5) is 0 Å². The molecule has 112 valence electrons. The van der Waals surface area contributed by atoms with Gasteiger partial charge in [0.25, 0.3) is 19.4 Å². The Bertz CT molecular complexity index is 418. The first-order valence-electron chi connectivity index (χ1n) is 5.55. The van der Waals surface area contributed by atoms with Crippen molar-refractivity contribution < 1.29 is 29.7 Å². The van der Waals surface area contributed by atoms with Gasteiger partial charge in [-0.3, -0.25) is 14.4 Å². The van der Waals surface area contributed by atoms with Crippen LogP contribution in [0.3, 0.4) is 0 Å². The van der Waals surface area contributed by atoms with Crippen LogP contribution >= 0.6 is 0 Å². The zero-order valence-electron chi connectivity index (χ0n) is 11.1. The fraction of sp³-hybridized carbons (Fsp3) is 0. The Morgan fingerprint density at radius 2 is 0.714 bits per heavy atom. The average Bonchev–Trinajstić information content (AvgIpc) is 2.51. The lowest BCUT2D eigenvalue weighted by Crippen LogP contribution is -1.73. The van der Waals surface area contributed by atoms with Crippen molar-refractivity contribution in [1.29, 1.82) is 0 Å². The van der Waals surface area contributed by atoms with Crippen LogP contribution < -0.4 is 0 Å². The monoisotopic (exact) mass is 292 g/mol. The minimum absolute atomic E-state index is 0.250. The van der Waals surface area contributed by atoms with Crippen LogP contribution in [0.2, 0.25) is 0 Å². The fourth-order valence-electron chi connectivity index (χ4n) is 1.26. The molecule has 0 aromatic heterocycles. The molecule has 0 bridgehead atoms. The minimum atomic E-state index is -0.250. The van der Waals surface area contributed by atoms with Crippen LogP contribution in [0.1, 0.15) is 0 Å². The highest BCUT2D eigenvalue weighted by molar-refractivity contribution is 5.62. The molecular formula is C15H16O6. The normalized spacial score (nSPS) is 7.24. The molecule has 6 nitrogen and oxygen atoms in total. The van der Waals surface area contributed by atoms with E-state index in [0.717, 1.165) is 0 Å². The van der Waals surface area contributed by atoms with Gasteiger partial charge in [0.2, 0.25) is 0 Å². The van der Waals surface area contributed by atoms with E-state index in [-0.39, 0.29) is 19.4 Å². The molecule has 21 heavy (non-hydrogen) atoms. The van der Waals surface area contributed by atoms with Gasteiger partial charge in [-0.15, -0.1) is 0 Å². The second-order valence-corrected chi connectivity index (χ2v) is 3.05. The number of hydrogen-bond acceptors (Lipinski definition) is 3. The van der Waals surface area contributed by atoms with Crippen LogP contribution in [0.15, 0.2) is 60.7 Å². The molecule has 0 unspecified atom stereocenters. The maximum Gasteiger partial charge on any atom is 0.290 e. The van der Waals surface area contributed by atoms with E-state index in [0.29, 0.717) is 0 Å². The van der Waals surface area contributed by atoms with Crippen LogP contribution in [0.25, 0.3) is 11.1 Å². The summed E-state index contributed by atoms with van der Waals surface area (Å²) in [5.74, 6) is 0. The van der Waals surface area contributed by atoms with Crippen LogP contribution in [0.5, 0.6) is 0 Å². The van der Waals surface area contributed by atoms with Crippen molar-refractivity contribution in [3.8, 4) is 11.1 Å². The van der Waals surface area contributed by atoms with E-state index < -0.39 is 0 Å². The minimum Gasteiger partial charge on any atom is -0.483 e. The van der Waals surface area contributed by atoms with Gasteiger partial charge in [0, 0.05) is 0 Å². The van der Waals surface area contributed by atoms with Gasteiger partial charge in [0.05, 0.1) is 0 Å². The van der Waals surface area contributed by atoms with Gasteiger partial charge in [0.1, 0.15) is 0 Å². The summed E-state index contributed by atoms with van der Waals surface area (Å²) in [6, 6.07) is 20.8. The van der Waals surface area contributed by atoms with E-state index in [9.17, 15) is 0 Å². The van der Waals surface area contributed by atoms with Crippen molar-refractivity contribution in [2.75, 3.05) is 0 Å². The highest BCUT2D eigenvalue weighted by Crippen LogP contribution is 2.17. The van der Waals surface area contributed by atoms with E-state index >= 15 is 0 Å². The first kappa shape index (κ1) is 20.2. The summed E-state index contributed by atoms with van der Waals surface area (Å²) in [5, 5.41) is 20.7. The third-order valence-electron chi connectivity index (χ3n) is 1.88. The van der Waals surface area contributed by atoms with Gasteiger partial charge < -0.3 is 15.3 Å². The summed E-state index contributed by atoms with van der Waals surface area (Å²) >= 11 is 0. The molecule has 0 radical (unpaired) electrons. The van der Waals surface area contributed by atoms with E-state index in [1.54, 1.807) is 0 Å². The molecule has 0 aliphatic carbocycles. The SMILES string of the molecule is O=CO.O=CO.O=CO.c1ccc(-c2ccccc2)cc1. The summed E-state index contributed by atoms with van der Waals surface area (Å²) in [6.45, 7) is -0.750. The van der Waals surface area contributed by atoms with Gasteiger partial charge in [0.15, 0.2) is 0 Å². The molecule has 0 heterocycles. The lowest BCUT2D eigenvalue weighted by Gasteiger charge is -1.98. The first-order chi connectivity index (χ1) is 10.2. The molecule has 2 rings (SSSR count). The fourth-order valence-corrected chi connectivity index (χ4v) is 1.26. The second-order valence-electron chi connectivity index (χ2n) is 3.05. The Labute approximate surface area is 121 Å². The molecule has 0 aliphatic rings. The molecule has 2 aromatic carbocycles. The van der Waals surface area contributed by atoms with Gasteiger partial charge in [-0.2, -0.15) is 0 Å². The largest absolute Gasteiger partial charge is 0.483 e. The predicted molar refractivity (Wildman–Crippen MR) is 78.0 cm³/mol. The highest BCUT2D eigenvalue weighted by Gasteiger charge is 1.91. The van der Waals surface area contributed by atoms with Gasteiger partial charge in [-0.05, 0) is 11.1 Å². The van der Waals surface area contributed by atoms with Crippen LogP contribution in [-0.2, 0) is 14.4 Å². The summed E-state index contributed by atoms with van der Waals surface area (Å²) in [4.78, 5) is 25.1. The molecule has 0 aliphatic heterocycles. The lowest BCUT2D eigenvalue weighted by atomic mass is 10.1. The third kappa shape index (κ3) is 13.1. The first-order valence-corrected chi connectivity index (χ1v) is 5.55.